The standard InChI is InChI=1S/C16H10BrN5OS/c17-9-5-7-10(8-6-9)22-14(20-21-16(22)24)13-18-12-4-2-1-3-11(12)15(23)19-13/h1-8H,(H,21,24)(H,18,19,23). The van der Waals surface area contributed by atoms with E-state index in [4.69, 9.17) is 12.2 Å². The monoisotopic (exact) mass is 399 g/mol. The Bertz CT molecular complexity index is 1160. The quantitative estimate of drug-likeness (QED) is 0.504. The van der Waals surface area contributed by atoms with Crippen molar-refractivity contribution in [1.82, 2.24) is 24.7 Å². The van der Waals surface area contributed by atoms with Crippen LogP contribution >= 0.6 is 28.1 Å². The summed E-state index contributed by atoms with van der Waals surface area (Å²) in [4.78, 5) is 19.6. The smallest absolute Gasteiger partial charge is 0.259 e. The van der Waals surface area contributed by atoms with Gasteiger partial charge in [-0.2, -0.15) is 5.10 Å². The van der Waals surface area contributed by atoms with Crippen LogP contribution in [0.1, 0.15) is 0 Å². The van der Waals surface area contributed by atoms with Crippen molar-refractivity contribution >= 4 is 39.1 Å². The Balaban J connectivity index is 1.97. The molecule has 4 aromatic rings. The van der Waals surface area contributed by atoms with Gasteiger partial charge in [0, 0.05) is 4.47 Å². The highest BCUT2D eigenvalue weighted by Gasteiger charge is 2.14. The molecule has 0 bridgehead atoms. The average Bonchev–Trinajstić information content (AvgIpc) is 2.97. The molecule has 0 aliphatic heterocycles. The van der Waals surface area contributed by atoms with Crippen LogP contribution in [-0.4, -0.2) is 24.7 Å². The first-order valence-corrected chi connectivity index (χ1v) is 8.26. The Hall–Kier alpha value is -2.58. The number of aromatic nitrogens is 5. The van der Waals surface area contributed by atoms with E-state index in [9.17, 15) is 4.79 Å². The Kier molecular flexibility index (Phi) is 3.62. The molecule has 0 saturated carbocycles. The number of fused-ring (bicyclic) bond motifs is 1. The molecular weight excluding hydrogens is 390 g/mol. The molecule has 4 rings (SSSR count). The van der Waals surface area contributed by atoms with E-state index in [1.54, 1.807) is 22.8 Å². The van der Waals surface area contributed by atoms with E-state index >= 15 is 0 Å². The normalized spacial score (nSPS) is 11.0. The van der Waals surface area contributed by atoms with Gasteiger partial charge in [-0.1, -0.05) is 28.1 Å². The van der Waals surface area contributed by atoms with Gasteiger partial charge >= 0.3 is 0 Å². The summed E-state index contributed by atoms with van der Waals surface area (Å²) >= 11 is 8.74. The molecule has 0 spiro atoms. The van der Waals surface area contributed by atoms with Crippen molar-refractivity contribution in [3.05, 3.63) is 68.1 Å². The Labute approximate surface area is 149 Å². The number of halogens is 1. The number of rotatable bonds is 2. The van der Waals surface area contributed by atoms with Gasteiger partial charge in [-0.25, -0.2) is 4.98 Å². The maximum atomic E-state index is 12.3. The molecule has 2 heterocycles. The third-order valence-corrected chi connectivity index (χ3v) is 4.38. The van der Waals surface area contributed by atoms with Crippen LogP contribution in [0.2, 0.25) is 0 Å². The second-order valence-corrected chi connectivity index (χ2v) is 6.40. The van der Waals surface area contributed by atoms with E-state index < -0.39 is 0 Å². The van der Waals surface area contributed by atoms with Crippen LogP contribution in [0.5, 0.6) is 0 Å². The number of nitrogens with one attached hydrogen (secondary N) is 2. The summed E-state index contributed by atoms with van der Waals surface area (Å²) in [6, 6.07) is 14.8. The number of aromatic amines is 2. The summed E-state index contributed by atoms with van der Waals surface area (Å²) in [5.74, 6) is 0.805. The van der Waals surface area contributed by atoms with Gasteiger partial charge in [0.1, 0.15) is 0 Å². The van der Waals surface area contributed by atoms with E-state index in [0.29, 0.717) is 27.3 Å². The van der Waals surface area contributed by atoms with Gasteiger partial charge in [0.05, 0.1) is 16.6 Å². The first-order chi connectivity index (χ1) is 11.6. The van der Waals surface area contributed by atoms with Gasteiger partial charge in [0.15, 0.2) is 10.6 Å². The minimum atomic E-state index is -0.216. The second kappa shape index (κ2) is 5.81. The van der Waals surface area contributed by atoms with Crippen molar-refractivity contribution in [2.24, 2.45) is 0 Å². The Morgan fingerprint density at radius 2 is 1.83 bits per heavy atom. The van der Waals surface area contributed by atoms with Gasteiger partial charge in [-0.05, 0) is 48.6 Å². The molecule has 118 valence electrons. The molecule has 0 amide bonds. The van der Waals surface area contributed by atoms with E-state index in [2.05, 4.69) is 36.1 Å². The molecular formula is C16H10BrN5OS. The lowest BCUT2D eigenvalue weighted by Gasteiger charge is -2.07. The lowest BCUT2D eigenvalue weighted by Crippen LogP contribution is -2.11. The van der Waals surface area contributed by atoms with E-state index in [1.165, 1.54) is 0 Å². The number of hydrogen-bond acceptors (Lipinski definition) is 4. The average molecular weight is 400 g/mol. The second-order valence-electron chi connectivity index (χ2n) is 5.10. The molecule has 0 atom stereocenters. The maximum absolute atomic E-state index is 12.3. The molecule has 24 heavy (non-hydrogen) atoms. The van der Waals surface area contributed by atoms with Crippen LogP contribution in [-0.2, 0) is 0 Å². The molecule has 2 aromatic carbocycles. The first-order valence-electron chi connectivity index (χ1n) is 7.06. The van der Waals surface area contributed by atoms with Gasteiger partial charge < -0.3 is 4.98 Å². The predicted octanol–water partition coefficient (Wildman–Crippen LogP) is 3.60. The third kappa shape index (κ3) is 2.49. The summed E-state index contributed by atoms with van der Waals surface area (Å²) in [5.41, 5.74) is 1.21. The minimum Gasteiger partial charge on any atom is -0.303 e. The highest BCUT2D eigenvalue weighted by atomic mass is 79.9. The number of nitrogens with zero attached hydrogens (tertiary/aromatic N) is 3. The third-order valence-electron chi connectivity index (χ3n) is 3.58. The van der Waals surface area contributed by atoms with Gasteiger partial charge in [0.2, 0.25) is 5.82 Å². The SMILES string of the molecule is O=c1[nH]c(-c2n[nH]c(=S)n2-c2ccc(Br)cc2)nc2ccccc12. The summed E-state index contributed by atoms with van der Waals surface area (Å²) in [6.45, 7) is 0. The first kappa shape index (κ1) is 15.0. The van der Waals surface area contributed by atoms with E-state index in [-0.39, 0.29) is 5.56 Å². The lowest BCUT2D eigenvalue weighted by atomic mass is 10.2. The van der Waals surface area contributed by atoms with Crippen LogP contribution in [0.4, 0.5) is 0 Å². The summed E-state index contributed by atoms with van der Waals surface area (Å²) < 4.78 is 3.11. The van der Waals surface area contributed by atoms with Gasteiger partial charge in [0.25, 0.3) is 5.56 Å². The Morgan fingerprint density at radius 1 is 1.08 bits per heavy atom. The molecule has 0 fully saturated rings. The highest BCUT2D eigenvalue weighted by molar-refractivity contribution is 9.10. The lowest BCUT2D eigenvalue weighted by molar-refractivity contribution is 1.01. The molecule has 0 unspecified atom stereocenters. The molecule has 2 aromatic heterocycles. The topological polar surface area (TPSA) is 79.4 Å². The molecule has 6 nitrogen and oxygen atoms in total. The van der Waals surface area contributed by atoms with Crippen LogP contribution in [0.3, 0.4) is 0 Å². The van der Waals surface area contributed by atoms with Crippen molar-refractivity contribution in [3.63, 3.8) is 0 Å². The fourth-order valence-electron chi connectivity index (χ4n) is 2.48. The predicted molar refractivity (Wildman–Crippen MR) is 97.8 cm³/mol. The Morgan fingerprint density at radius 3 is 2.62 bits per heavy atom. The van der Waals surface area contributed by atoms with Gasteiger partial charge in [-0.3, -0.25) is 14.5 Å². The van der Waals surface area contributed by atoms with Crippen molar-refractivity contribution in [2.45, 2.75) is 0 Å². The largest absolute Gasteiger partial charge is 0.303 e. The summed E-state index contributed by atoms with van der Waals surface area (Å²) in [5, 5.41) is 7.53. The maximum Gasteiger partial charge on any atom is 0.259 e. The van der Waals surface area contributed by atoms with Crippen LogP contribution < -0.4 is 5.56 Å². The minimum absolute atomic E-state index is 0.216. The summed E-state index contributed by atoms with van der Waals surface area (Å²) in [7, 11) is 0. The fourth-order valence-corrected chi connectivity index (χ4v) is 2.98. The molecule has 2 N–H and O–H groups in total. The number of H-pyrrole nitrogens is 2. The van der Waals surface area contributed by atoms with Gasteiger partial charge in [-0.15, -0.1) is 0 Å². The molecule has 0 saturated heterocycles. The zero-order chi connectivity index (χ0) is 16.7. The summed E-state index contributed by atoms with van der Waals surface area (Å²) in [6.07, 6.45) is 0. The van der Waals surface area contributed by atoms with Crippen molar-refractivity contribution in [2.75, 3.05) is 0 Å². The van der Waals surface area contributed by atoms with Crippen molar-refractivity contribution < 1.29 is 0 Å². The van der Waals surface area contributed by atoms with E-state index in [1.807, 2.05) is 30.3 Å². The van der Waals surface area contributed by atoms with Crippen LogP contribution in [0.25, 0.3) is 28.2 Å². The van der Waals surface area contributed by atoms with Crippen LogP contribution in [0.15, 0.2) is 57.8 Å². The highest BCUT2D eigenvalue weighted by Crippen LogP contribution is 2.21. The van der Waals surface area contributed by atoms with E-state index in [0.717, 1.165) is 10.2 Å². The fraction of sp³-hybridized carbons (Fsp3) is 0. The molecule has 0 aliphatic rings. The number of para-hydroxylation sites is 1. The zero-order valence-electron chi connectivity index (χ0n) is 12.2. The number of benzene rings is 2. The van der Waals surface area contributed by atoms with Crippen molar-refractivity contribution in [3.8, 4) is 17.3 Å². The van der Waals surface area contributed by atoms with Crippen molar-refractivity contribution in [1.29, 1.82) is 0 Å². The molecule has 0 radical (unpaired) electrons. The van der Waals surface area contributed by atoms with Crippen LogP contribution in [0, 0.1) is 4.77 Å². The number of hydrogen-bond donors (Lipinski definition) is 2. The molecule has 0 aliphatic carbocycles. The zero-order valence-corrected chi connectivity index (χ0v) is 14.6. The molecule has 8 heteroatoms.